The summed E-state index contributed by atoms with van der Waals surface area (Å²) in [6.07, 6.45) is -4.26. The lowest BCUT2D eigenvalue weighted by molar-refractivity contribution is -0.141. The van der Waals surface area contributed by atoms with Crippen LogP contribution in [0.1, 0.15) is 44.6 Å². The monoisotopic (exact) mass is 282 g/mol. The van der Waals surface area contributed by atoms with Gasteiger partial charge in [-0.05, 0) is 23.5 Å². The van der Waals surface area contributed by atoms with Crippen LogP contribution in [0, 0.1) is 0 Å². The summed E-state index contributed by atoms with van der Waals surface area (Å²) in [6, 6.07) is 5.19. The van der Waals surface area contributed by atoms with Gasteiger partial charge in [-0.1, -0.05) is 39.8 Å². The van der Waals surface area contributed by atoms with Gasteiger partial charge >= 0.3 is 6.18 Å². The Bertz CT molecular complexity index is 640. The second-order valence-electron chi connectivity index (χ2n) is 5.79. The predicted molar refractivity (Wildman–Crippen MR) is 72.6 cm³/mol. The smallest absolute Gasteiger partial charge is 0.249 e. The number of halogens is 3. The Morgan fingerprint density at radius 3 is 2.20 bits per heavy atom. The van der Waals surface area contributed by atoms with E-state index in [9.17, 15) is 13.2 Å². The topological polar surface area (TPSA) is 25.8 Å². The predicted octanol–water partition coefficient (Wildman–Crippen LogP) is 4.51. The Morgan fingerprint density at radius 2 is 1.70 bits per heavy atom. The molecule has 2 nitrogen and oxygen atoms in total. The molecule has 0 aliphatic carbocycles. The first kappa shape index (κ1) is 14.8. The van der Waals surface area contributed by atoms with E-state index in [0.717, 1.165) is 5.56 Å². The van der Waals surface area contributed by atoms with Crippen molar-refractivity contribution in [3.8, 4) is 0 Å². The number of aromatic nitrogens is 2. The molecule has 0 amide bonds. The molecule has 20 heavy (non-hydrogen) atoms. The Morgan fingerprint density at radius 1 is 1.05 bits per heavy atom. The van der Waals surface area contributed by atoms with Crippen molar-refractivity contribution in [3.05, 3.63) is 35.2 Å². The Balaban J connectivity index is 2.81. The van der Waals surface area contributed by atoms with Crippen LogP contribution in [0.2, 0.25) is 0 Å². The first-order chi connectivity index (χ1) is 9.14. The third-order valence-electron chi connectivity index (χ3n) is 3.18. The van der Waals surface area contributed by atoms with Gasteiger partial charge in [0.15, 0.2) is 5.69 Å². The Kier molecular flexibility index (Phi) is 3.48. The van der Waals surface area contributed by atoms with Gasteiger partial charge < -0.3 is 0 Å². The fourth-order valence-corrected chi connectivity index (χ4v) is 2.19. The average Bonchev–Trinajstić information content (AvgIpc) is 2.34. The molecule has 0 aliphatic heterocycles. The summed E-state index contributed by atoms with van der Waals surface area (Å²) in [7, 11) is 0. The highest BCUT2D eigenvalue weighted by molar-refractivity contribution is 5.79. The summed E-state index contributed by atoms with van der Waals surface area (Å²) in [4.78, 5) is 8.05. The Hall–Kier alpha value is -1.65. The van der Waals surface area contributed by atoms with Crippen molar-refractivity contribution in [3.63, 3.8) is 0 Å². The molecule has 5 heteroatoms. The molecule has 108 valence electrons. The van der Waals surface area contributed by atoms with Crippen molar-refractivity contribution in [2.75, 3.05) is 0 Å². The van der Waals surface area contributed by atoms with Crippen LogP contribution in [0.3, 0.4) is 0 Å². The average molecular weight is 282 g/mol. The van der Waals surface area contributed by atoms with E-state index in [1.807, 2.05) is 26.8 Å². The molecule has 0 saturated carbocycles. The largest absolute Gasteiger partial charge is 0.435 e. The number of fused-ring (bicyclic) bond motifs is 1. The van der Waals surface area contributed by atoms with Crippen molar-refractivity contribution in [1.82, 2.24) is 9.97 Å². The van der Waals surface area contributed by atoms with Gasteiger partial charge in [-0.25, -0.2) is 9.97 Å². The number of hydrogen-bond acceptors (Lipinski definition) is 2. The third-order valence-corrected chi connectivity index (χ3v) is 3.18. The zero-order valence-corrected chi connectivity index (χ0v) is 12.0. The first-order valence-electron chi connectivity index (χ1n) is 6.52. The van der Waals surface area contributed by atoms with Gasteiger partial charge in [0.05, 0.1) is 16.7 Å². The molecule has 0 fully saturated rings. The summed E-state index contributed by atoms with van der Waals surface area (Å²) in [5.41, 5.74) is 0.692. The highest BCUT2D eigenvalue weighted by Gasteiger charge is 2.36. The summed E-state index contributed by atoms with van der Waals surface area (Å²) in [5.74, 6) is 0. The number of hydrogen-bond donors (Lipinski definition) is 0. The minimum atomic E-state index is -4.47. The van der Waals surface area contributed by atoms with E-state index in [1.165, 1.54) is 0 Å². The van der Waals surface area contributed by atoms with Crippen LogP contribution in [-0.2, 0) is 18.0 Å². The lowest BCUT2D eigenvalue weighted by atomic mass is 9.86. The third kappa shape index (κ3) is 2.62. The molecular formula is C15H17F3N2. The highest BCUT2D eigenvalue weighted by atomic mass is 19.4. The fourth-order valence-electron chi connectivity index (χ4n) is 2.19. The van der Waals surface area contributed by atoms with Crippen molar-refractivity contribution in [1.29, 1.82) is 0 Å². The van der Waals surface area contributed by atoms with Gasteiger partial charge in [-0.3, -0.25) is 0 Å². The summed E-state index contributed by atoms with van der Waals surface area (Å²) < 4.78 is 39.0. The second-order valence-corrected chi connectivity index (χ2v) is 5.79. The summed E-state index contributed by atoms with van der Waals surface area (Å²) in [6.45, 7) is 7.68. The maximum absolute atomic E-state index is 13.0. The van der Waals surface area contributed by atoms with E-state index in [1.54, 1.807) is 19.1 Å². The zero-order valence-electron chi connectivity index (χ0n) is 12.0. The van der Waals surface area contributed by atoms with Crippen molar-refractivity contribution in [2.45, 2.75) is 45.7 Å². The van der Waals surface area contributed by atoms with E-state index in [2.05, 4.69) is 9.97 Å². The molecule has 2 aromatic rings. The fraction of sp³-hybridized carbons (Fsp3) is 0.467. The van der Waals surface area contributed by atoms with Crippen LogP contribution in [0.15, 0.2) is 18.2 Å². The molecular weight excluding hydrogens is 265 g/mol. The number of aryl methyl sites for hydroxylation is 1. The molecule has 0 N–H and O–H groups in total. The van der Waals surface area contributed by atoms with Crippen LogP contribution < -0.4 is 0 Å². The second kappa shape index (κ2) is 4.72. The van der Waals surface area contributed by atoms with Gasteiger partial charge in [-0.15, -0.1) is 0 Å². The highest BCUT2D eigenvalue weighted by Crippen LogP contribution is 2.34. The first-order valence-corrected chi connectivity index (χ1v) is 6.52. The van der Waals surface area contributed by atoms with Gasteiger partial charge in [0, 0.05) is 0 Å². The lowest BCUT2D eigenvalue weighted by Gasteiger charge is -2.21. The van der Waals surface area contributed by atoms with Gasteiger partial charge in [-0.2, -0.15) is 13.2 Å². The van der Waals surface area contributed by atoms with Crippen LogP contribution in [-0.4, -0.2) is 9.97 Å². The molecule has 0 bridgehead atoms. The van der Waals surface area contributed by atoms with E-state index in [0.29, 0.717) is 11.0 Å². The van der Waals surface area contributed by atoms with Gasteiger partial charge in [0.2, 0.25) is 0 Å². The molecule has 1 heterocycles. The number of benzene rings is 1. The van der Waals surface area contributed by atoms with Crippen LogP contribution >= 0.6 is 0 Å². The normalized spacial score (nSPS) is 12.9. The van der Waals surface area contributed by atoms with E-state index in [4.69, 9.17) is 0 Å². The SMILES string of the molecule is CCc1nc2c(C(C)(C)C)cccc2nc1C(F)(F)F. The molecule has 2 rings (SSSR count). The minimum Gasteiger partial charge on any atom is -0.249 e. The van der Waals surface area contributed by atoms with E-state index < -0.39 is 11.9 Å². The maximum Gasteiger partial charge on any atom is 0.435 e. The molecule has 1 aromatic carbocycles. The van der Waals surface area contributed by atoms with Crippen LogP contribution in [0.25, 0.3) is 11.0 Å². The minimum absolute atomic E-state index is 0.00157. The van der Waals surface area contributed by atoms with Crippen molar-refractivity contribution < 1.29 is 13.2 Å². The van der Waals surface area contributed by atoms with E-state index in [-0.39, 0.29) is 17.5 Å². The number of rotatable bonds is 1. The summed E-state index contributed by atoms with van der Waals surface area (Å²) >= 11 is 0. The molecule has 0 unspecified atom stereocenters. The van der Waals surface area contributed by atoms with Crippen LogP contribution in [0.4, 0.5) is 13.2 Å². The van der Waals surface area contributed by atoms with Crippen molar-refractivity contribution in [2.24, 2.45) is 0 Å². The van der Waals surface area contributed by atoms with Crippen LogP contribution in [0.5, 0.6) is 0 Å². The Labute approximate surface area is 116 Å². The number of alkyl halides is 3. The lowest BCUT2D eigenvalue weighted by Crippen LogP contribution is -2.17. The van der Waals surface area contributed by atoms with Gasteiger partial charge in [0.1, 0.15) is 0 Å². The molecule has 0 spiro atoms. The standard InChI is InChI=1S/C15H17F3N2/c1-5-10-13(15(16,17)18)20-11-8-6-7-9(12(11)19-10)14(2,3)4/h6-8H,5H2,1-4H3. The quantitative estimate of drug-likeness (QED) is 0.769. The number of nitrogens with zero attached hydrogens (tertiary/aromatic N) is 2. The molecule has 1 aromatic heterocycles. The van der Waals surface area contributed by atoms with Gasteiger partial charge in [0.25, 0.3) is 0 Å². The number of para-hydroxylation sites is 1. The maximum atomic E-state index is 13.0. The summed E-state index contributed by atoms with van der Waals surface area (Å²) in [5, 5.41) is 0. The van der Waals surface area contributed by atoms with E-state index >= 15 is 0 Å². The molecule has 0 aliphatic rings. The molecule has 0 atom stereocenters. The molecule has 0 radical (unpaired) electrons. The molecule has 0 saturated heterocycles. The zero-order chi connectivity index (χ0) is 15.1. The van der Waals surface area contributed by atoms with Crippen molar-refractivity contribution >= 4 is 11.0 Å².